The summed E-state index contributed by atoms with van der Waals surface area (Å²) < 4.78 is 5.61. The summed E-state index contributed by atoms with van der Waals surface area (Å²) in [5.74, 6) is -0.0511. The van der Waals surface area contributed by atoms with Crippen molar-refractivity contribution in [1.29, 1.82) is 5.26 Å². The van der Waals surface area contributed by atoms with Gasteiger partial charge in [0.05, 0.1) is 30.9 Å². The molecule has 0 saturated carbocycles. The molecule has 6 nitrogen and oxygen atoms in total. The monoisotopic (exact) mass is 288 g/mol. The zero-order valence-corrected chi connectivity index (χ0v) is 12.1. The number of nitrogens with zero attached hydrogens (tertiary/aromatic N) is 2. The summed E-state index contributed by atoms with van der Waals surface area (Å²) in [7, 11) is 1.89. The van der Waals surface area contributed by atoms with E-state index in [1.807, 2.05) is 13.1 Å². The molecule has 1 heterocycles. The normalized spacial score (nSPS) is 19.0. The van der Waals surface area contributed by atoms with Crippen molar-refractivity contribution in [3.8, 4) is 6.07 Å². The van der Waals surface area contributed by atoms with Crippen LogP contribution in [0.3, 0.4) is 0 Å². The summed E-state index contributed by atoms with van der Waals surface area (Å²) in [6.07, 6.45) is 0.131. The molecule has 1 fully saturated rings. The second kappa shape index (κ2) is 7.74. The number of rotatable bonds is 5. The zero-order chi connectivity index (χ0) is 15.1. The summed E-state index contributed by atoms with van der Waals surface area (Å²) in [5.41, 5.74) is 1.29. The number of likely N-dealkylation sites (N-methyl/N-ethyl adjacent to an activating group) is 1. The molecule has 0 bridgehead atoms. The van der Waals surface area contributed by atoms with Gasteiger partial charge in [-0.3, -0.25) is 9.69 Å². The van der Waals surface area contributed by atoms with Gasteiger partial charge in [-0.1, -0.05) is 0 Å². The number of morpholine rings is 1. The summed E-state index contributed by atoms with van der Waals surface area (Å²) >= 11 is 0. The number of hydrogen-bond donors (Lipinski definition) is 2. The van der Waals surface area contributed by atoms with E-state index in [1.54, 1.807) is 24.3 Å². The third kappa shape index (κ3) is 4.83. The molecule has 21 heavy (non-hydrogen) atoms. The Balaban J connectivity index is 1.82. The van der Waals surface area contributed by atoms with Crippen molar-refractivity contribution in [2.24, 2.45) is 0 Å². The molecule has 1 unspecified atom stereocenters. The maximum atomic E-state index is 12.0. The molecule has 2 rings (SSSR count). The molecule has 1 saturated heterocycles. The molecule has 0 aromatic heterocycles. The number of amides is 1. The van der Waals surface area contributed by atoms with E-state index in [-0.39, 0.29) is 12.0 Å². The van der Waals surface area contributed by atoms with Gasteiger partial charge >= 0.3 is 0 Å². The van der Waals surface area contributed by atoms with Gasteiger partial charge in [0.15, 0.2) is 0 Å². The Morgan fingerprint density at radius 1 is 1.48 bits per heavy atom. The topological polar surface area (TPSA) is 77.4 Å². The van der Waals surface area contributed by atoms with Crippen LogP contribution in [0.25, 0.3) is 0 Å². The van der Waals surface area contributed by atoms with Gasteiger partial charge in [0, 0.05) is 25.3 Å². The number of anilines is 1. The Morgan fingerprint density at radius 2 is 2.24 bits per heavy atom. The van der Waals surface area contributed by atoms with E-state index >= 15 is 0 Å². The summed E-state index contributed by atoms with van der Waals surface area (Å²) in [4.78, 5) is 14.1. The van der Waals surface area contributed by atoms with E-state index in [9.17, 15) is 4.79 Å². The van der Waals surface area contributed by atoms with Crippen molar-refractivity contribution in [2.45, 2.75) is 6.10 Å². The number of carbonyl (C=O) groups excluding carboxylic acids is 1. The lowest BCUT2D eigenvalue weighted by Crippen LogP contribution is -2.48. The number of nitrogens with one attached hydrogen (secondary N) is 2. The zero-order valence-electron chi connectivity index (χ0n) is 12.1. The summed E-state index contributed by atoms with van der Waals surface area (Å²) in [6, 6.07) is 8.90. The lowest BCUT2D eigenvalue weighted by Gasteiger charge is -2.32. The van der Waals surface area contributed by atoms with E-state index in [0.29, 0.717) is 24.4 Å². The van der Waals surface area contributed by atoms with Crippen LogP contribution in [-0.2, 0) is 9.53 Å². The lowest BCUT2D eigenvalue weighted by molar-refractivity contribution is -0.119. The van der Waals surface area contributed by atoms with E-state index < -0.39 is 0 Å². The minimum absolute atomic E-state index is 0.0511. The van der Waals surface area contributed by atoms with Crippen LogP contribution in [0.1, 0.15) is 5.56 Å². The smallest absolute Gasteiger partial charge is 0.238 e. The van der Waals surface area contributed by atoms with Crippen LogP contribution >= 0.6 is 0 Å². The molecule has 6 heteroatoms. The fourth-order valence-corrected chi connectivity index (χ4v) is 2.31. The summed E-state index contributed by atoms with van der Waals surface area (Å²) in [5, 5.41) is 14.7. The Kier molecular flexibility index (Phi) is 5.69. The fourth-order valence-electron chi connectivity index (χ4n) is 2.31. The number of carbonyl (C=O) groups is 1. The van der Waals surface area contributed by atoms with E-state index in [0.717, 1.165) is 19.6 Å². The van der Waals surface area contributed by atoms with Crippen LogP contribution in [-0.4, -0.2) is 56.7 Å². The van der Waals surface area contributed by atoms with Gasteiger partial charge in [0.1, 0.15) is 0 Å². The average Bonchev–Trinajstić information content (AvgIpc) is 2.48. The number of ether oxygens (including phenoxy) is 1. The maximum Gasteiger partial charge on any atom is 0.238 e. The van der Waals surface area contributed by atoms with Crippen molar-refractivity contribution in [3.63, 3.8) is 0 Å². The van der Waals surface area contributed by atoms with Gasteiger partial charge in [-0.25, -0.2) is 0 Å². The highest BCUT2D eigenvalue weighted by molar-refractivity contribution is 5.92. The average molecular weight is 288 g/mol. The van der Waals surface area contributed by atoms with E-state index in [2.05, 4.69) is 15.5 Å². The maximum absolute atomic E-state index is 12.0. The van der Waals surface area contributed by atoms with Crippen LogP contribution in [0, 0.1) is 11.3 Å². The quantitative estimate of drug-likeness (QED) is 0.821. The van der Waals surface area contributed by atoms with Crippen LogP contribution in [0.4, 0.5) is 5.69 Å². The van der Waals surface area contributed by atoms with Crippen molar-refractivity contribution in [2.75, 3.05) is 45.2 Å². The van der Waals surface area contributed by atoms with E-state index in [4.69, 9.17) is 10.00 Å². The highest BCUT2D eigenvalue weighted by Gasteiger charge is 2.21. The Hall–Kier alpha value is -1.94. The molecule has 1 aromatic carbocycles. The molecule has 112 valence electrons. The number of hydrogen-bond acceptors (Lipinski definition) is 5. The third-order valence-electron chi connectivity index (χ3n) is 3.32. The molecule has 0 aliphatic carbocycles. The standard InChI is InChI=1S/C15H20N4O2/c1-17-9-14-10-19(6-7-21-14)11-15(20)18-13-4-2-12(8-16)3-5-13/h2-5,14,17H,6-7,9-11H2,1H3,(H,18,20). The van der Waals surface area contributed by atoms with Crippen molar-refractivity contribution >= 4 is 11.6 Å². The van der Waals surface area contributed by atoms with Gasteiger partial charge in [-0.15, -0.1) is 0 Å². The van der Waals surface area contributed by atoms with Crippen molar-refractivity contribution in [3.05, 3.63) is 29.8 Å². The minimum atomic E-state index is -0.0511. The van der Waals surface area contributed by atoms with Gasteiger partial charge < -0.3 is 15.4 Å². The van der Waals surface area contributed by atoms with E-state index in [1.165, 1.54) is 0 Å². The highest BCUT2D eigenvalue weighted by atomic mass is 16.5. The fraction of sp³-hybridized carbons (Fsp3) is 0.467. The highest BCUT2D eigenvalue weighted by Crippen LogP contribution is 2.09. The second-order valence-electron chi connectivity index (χ2n) is 5.02. The van der Waals surface area contributed by atoms with Crippen LogP contribution < -0.4 is 10.6 Å². The number of benzene rings is 1. The Morgan fingerprint density at radius 3 is 2.90 bits per heavy atom. The Bertz CT molecular complexity index is 507. The van der Waals surface area contributed by atoms with Crippen LogP contribution in [0.2, 0.25) is 0 Å². The minimum Gasteiger partial charge on any atom is -0.374 e. The first kappa shape index (κ1) is 15.4. The van der Waals surface area contributed by atoms with Gasteiger partial charge in [0.2, 0.25) is 5.91 Å². The predicted octanol–water partition coefficient (Wildman–Crippen LogP) is 0.417. The number of nitriles is 1. The molecular formula is C15H20N4O2. The molecule has 1 atom stereocenters. The molecule has 0 radical (unpaired) electrons. The largest absolute Gasteiger partial charge is 0.374 e. The molecular weight excluding hydrogens is 268 g/mol. The van der Waals surface area contributed by atoms with Gasteiger partial charge in [-0.05, 0) is 31.3 Å². The summed E-state index contributed by atoms with van der Waals surface area (Å²) in [6.45, 7) is 3.30. The third-order valence-corrected chi connectivity index (χ3v) is 3.32. The van der Waals surface area contributed by atoms with Crippen LogP contribution in [0.5, 0.6) is 0 Å². The SMILES string of the molecule is CNCC1CN(CC(=O)Nc2ccc(C#N)cc2)CCO1. The molecule has 1 aliphatic heterocycles. The molecule has 1 aromatic rings. The van der Waals surface area contributed by atoms with Gasteiger partial charge in [-0.2, -0.15) is 5.26 Å². The first-order chi connectivity index (χ1) is 10.2. The Labute approximate surface area is 124 Å². The second-order valence-corrected chi connectivity index (χ2v) is 5.02. The first-order valence-electron chi connectivity index (χ1n) is 7.00. The molecule has 0 spiro atoms. The predicted molar refractivity (Wildman–Crippen MR) is 79.9 cm³/mol. The molecule has 1 aliphatic rings. The lowest BCUT2D eigenvalue weighted by atomic mass is 10.2. The van der Waals surface area contributed by atoms with Crippen molar-refractivity contribution < 1.29 is 9.53 Å². The van der Waals surface area contributed by atoms with Gasteiger partial charge in [0.25, 0.3) is 0 Å². The molecule has 2 N–H and O–H groups in total. The van der Waals surface area contributed by atoms with Crippen LogP contribution in [0.15, 0.2) is 24.3 Å². The molecule has 1 amide bonds. The van der Waals surface area contributed by atoms with Crippen molar-refractivity contribution in [1.82, 2.24) is 10.2 Å². The first-order valence-corrected chi connectivity index (χ1v) is 7.00.